The third-order valence-corrected chi connectivity index (χ3v) is 5.35. The summed E-state index contributed by atoms with van der Waals surface area (Å²) < 4.78 is 0. The molecule has 144 valence electrons. The summed E-state index contributed by atoms with van der Waals surface area (Å²) in [5, 5.41) is 13.7. The fraction of sp³-hybridized carbons (Fsp3) is 0.381. The van der Waals surface area contributed by atoms with E-state index in [9.17, 15) is 5.11 Å². The van der Waals surface area contributed by atoms with Gasteiger partial charge in [0.05, 0.1) is 5.69 Å². The number of guanidine groups is 1. The molecule has 1 heterocycles. The number of para-hydroxylation sites is 2. The normalized spacial score (nSPS) is 22.2. The van der Waals surface area contributed by atoms with Gasteiger partial charge in [0.2, 0.25) is 0 Å². The Balaban J connectivity index is 0.00000210. The number of aliphatic imine (C=N–C) groups is 1. The van der Waals surface area contributed by atoms with Crippen LogP contribution in [-0.2, 0) is 0 Å². The summed E-state index contributed by atoms with van der Waals surface area (Å²) in [5.41, 5.74) is 2.33. The predicted octanol–water partition coefficient (Wildman–Crippen LogP) is 3.26. The van der Waals surface area contributed by atoms with Crippen molar-refractivity contribution in [1.29, 1.82) is 0 Å². The Bertz CT molecular complexity index is 775. The van der Waals surface area contributed by atoms with Crippen molar-refractivity contribution in [3.63, 3.8) is 0 Å². The van der Waals surface area contributed by atoms with Gasteiger partial charge in [-0.15, -0.1) is 24.0 Å². The summed E-state index contributed by atoms with van der Waals surface area (Å²) in [5.74, 6) is 1.94. The van der Waals surface area contributed by atoms with Crippen LogP contribution in [0.25, 0.3) is 0 Å². The zero-order valence-corrected chi connectivity index (χ0v) is 17.9. The predicted molar refractivity (Wildman–Crippen MR) is 121 cm³/mol. The second kappa shape index (κ2) is 8.82. The van der Waals surface area contributed by atoms with Gasteiger partial charge in [-0.1, -0.05) is 42.5 Å². The largest absolute Gasteiger partial charge is 0.506 e. The van der Waals surface area contributed by atoms with Gasteiger partial charge in [-0.05, 0) is 24.1 Å². The number of anilines is 1. The summed E-state index contributed by atoms with van der Waals surface area (Å²) in [6.45, 7) is 3.56. The van der Waals surface area contributed by atoms with Gasteiger partial charge < -0.3 is 20.2 Å². The fourth-order valence-electron chi connectivity index (χ4n) is 3.78. The van der Waals surface area contributed by atoms with E-state index in [-0.39, 0.29) is 24.0 Å². The molecule has 0 bridgehead atoms. The molecular weight excluding hydrogens is 451 g/mol. The van der Waals surface area contributed by atoms with Crippen LogP contribution in [-0.4, -0.2) is 55.2 Å². The number of piperazine rings is 1. The van der Waals surface area contributed by atoms with E-state index in [2.05, 4.69) is 50.4 Å². The number of phenols is 1. The van der Waals surface area contributed by atoms with Crippen LogP contribution in [0.1, 0.15) is 17.9 Å². The first kappa shape index (κ1) is 19.8. The van der Waals surface area contributed by atoms with Gasteiger partial charge in [0, 0.05) is 45.2 Å². The van der Waals surface area contributed by atoms with Gasteiger partial charge in [-0.25, -0.2) is 0 Å². The first-order valence-electron chi connectivity index (χ1n) is 9.32. The van der Waals surface area contributed by atoms with Gasteiger partial charge in [0.15, 0.2) is 5.96 Å². The third kappa shape index (κ3) is 4.48. The number of hydrogen-bond acceptors (Lipinski definition) is 3. The number of nitrogens with one attached hydrogen (secondary N) is 1. The number of phenolic OH excluding ortho intramolecular Hbond substituents is 1. The monoisotopic (exact) mass is 478 g/mol. The molecule has 0 amide bonds. The summed E-state index contributed by atoms with van der Waals surface area (Å²) in [4.78, 5) is 9.05. The van der Waals surface area contributed by atoms with Gasteiger partial charge >= 0.3 is 0 Å². The van der Waals surface area contributed by atoms with Crippen LogP contribution in [0, 0.1) is 0 Å². The van der Waals surface area contributed by atoms with E-state index in [0.717, 1.165) is 37.8 Å². The van der Waals surface area contributed by atoms with E-state index in [1.165, 1.54) is 12.0 Å². The standard InChI is InChI=1S/C21H26N4O.HI/c1-22-21(23-18-15-17(18)16-7-3-2-4-8-16)25-13-11-24(12-14-25)19-9-5-6-10-20(19)26;/h2-10,17-18,26H,11-15H2,1H3,(H,22,23);1H. The Labute approximate surface area is 178 Å². The third-order valence-electron chi connectivity index (χ3n) is 5.35. The maximum atomic E-state index is 10.1. The maximum Gasteiger partial charge on any atom is 0.194 e. The Morgan fingerprint density at radius 3 is 2.33 bits per heavy atom. The minimum Gasteiger partial charge on any atom is -0.506 e. The van der Waals surface area contributed by atoms with E-state index in [1.807, 2.05) is 25.2 Å². The average molecular weight is 478 g/mol. The Kier molecular flexibility index (Phi) is 6.46. The van der Waals surface area contributed by atoms with E-state index in [1.54, 1.807) is 6.07 Å². The van der Waals surface area contributed by atoms with E-state index >= 15 is 0 Å². The van der Waals surface area contributed by atoms with Crippen LogP contribution in [0.15, 0.2) is 59.6 Å². The second-order valence-electron chi connectivity index (χ2n) is 7.01. The molecule has 1 aliphatic carbocycles. The highest BCUT2D eigenvalue weighted by Gasteiger charge is 2.39. The smallest absolute Gasteiger partial charge is 0.194 e. The molecule has 27 heavy (non-hydrogen) atoms. The molecule has 2 unspecified atom stereocenters. The van der Waals surface area contributed by atoms with Crippen LogP contribution in [0.4, 0.5) is 5.69 Å². The summed E-state index contributed by atoms with van der Waals surface area (Å²) >= 11 is 0. The van der Waals surface area contributed by atoms with Gasteiger partial charge in [-0.2, -0.15) is 0 Å². The summed E-state index contributed by atoms with van der Waals surface area (Å²) in [6.07, 6.45) is 1.17. The molecular formula is C21H27IN4O. The van der Waals surface area contributed by atoms with Crippen molar-refractivity contribution in [1.82, 2.24) is 10.2 Å². The van der Waals surface area contributed by atoms with Crippen LogP contribution >= 0.6 is 24.0 Å². The maximum absolute atomic E-state index is 10.1. The first-order chi connectivity index (χ1) is 12.8. The molecule has 0 radical (unpaired) electrons. The molecule has 0 spiro atoms. The summed E-state index contributed by atoms with van der Waals surface area (Å²) in [7, 11) is 1.86. The minimum atomic E-state index is 0. The minimum absolute atomic E-state index is 0. The molecule has 5 nitrogen and oxygen atoms in total. The van der Waals surface area contributed by atoms with Crippen molar-refractivity contribution in [3.05, 3.63) is 60.2 Å². The molecule has 2 fully saturated rings. The highest BCUT2D eigenvalue weighted by Crippen LogP contribution is 2.40. The lowest BCUT2D eigenvalue weighted by Crippen LogP contribution is -2.53. The van der Waals surface area contributed by atoms with Gasteiger partial charge in [0.1, 0.15) is 5.75 Å². The van der Waals surface area contributed by atoms with Crippen molar-refractivity contribution >= 4 is 35.6 Å². The zero-order chi connectivity index (χ0) is 17.9. The molecule has 2 aromatic rings. The number of rotatable bonds is 3. The zero-order valence-electron chi connectivity index (χ0n) is 15.6. The lowest BCUT2D eigenvalue weighted by molar-refractivity contribution is 0.369. The Morgan fingerprint density at radius 2 is 1.67 bits per heavy atom. The van der Waals surface area contributed by atoms with Crippen LogP contribution < -0.4 is 10.2 Å². The molecule has 2 aliphatic rings. The molecule has 1 saturated heterocycles. The van der Waals surface area contributed by atoms with Crippen LogP contribution in [0.3, 0.4) is 0 Å². The van der Waals surface area contributed by atoms with Crippen molar-refractivity contribution in [2.45, 2.75) is 18.4 Å². The number of benzene rings is 2. The number of aromatic hydroxyl groups is 1. The van der Waals surface area contributed by atoms with Crippen LogP contribution in [0.2, 0.25) is 0 Å². The van der Waals surface area contributed by atoms with Crippen molar-refractivity contribution in [3.8, 4) is 5.75 Å². The molecule has 4 rings (SSSR count). The SMILES string of the molecule is CN=C(NC1CC1c1ccccc1)N1CCN(c2ccccc2O)CC1.I. The topological polar surface area (TPSA) is 51.1 Å². The lowest BCUT2D eigenvalue weighted by atomic mass is 10.1. The van der Waals surface area contributed by atoms with Crippen molar-refractivity contribution in [2.75, 3.05) is 38.1 Å². The Hall–Kier alpha value is -1.96. The summed E-state index contributed by atoms with van der Waals surface area (Å²) in [6, 6.07) is 18.7. The number of nitrogens with zero attached hydrogens (tertiary/aromatic N) is 3. The quantitative estimate of drug-likeness (QED) is 0.404. The molecule has 2 atom stereocenters. The van der Waals surface area contributed by atoms with Crippen LogP contribution in [0.5, 0.6) is 5.75 Å². The molecule has 2 aromatic carbocycles. The lowest BCUT2D eigenvalue weighted by Gasteiger charge is -2.38. The fourth-order valence-corrected chi connectivity index (χ4v) is 3.78. The molecule has 6 heteroatoms. The molecule has 0 aromatic heterocycles. The highest BCUT2D eigenvalue weighted by atomic mass is 127. The number of hydrogen-bond donors (Lipinski definition) is 2. The van der Waals surface area contributed by atoms with E-state index < -0.39 is 0 Å². The van der Waals surface area contributed by atoms with E-state index in [4.69, 9.17) is 0 Å². The molecule has 1 saturated carbocycles. The molecule has 1 aliphatic heterocycles. The van der Waals surface area contributed by atoms with Gasteiger partial charge in [-0.3, -0.25) is 4.99 Å². The second-order valence-corrected chi connectivity index (χ2v) is 7.01. The van der Waals surface area contributed by atoms with Gasteiger partial charge in [0.25, 0.3) is 0 Å². The van der Waals surface area contributed by atoms with E-state index in [0.29, 0.717) is 17.7 Å². The van der Waals surface area contributed by atoms with Crippen molar-refractivity contribution in [2.24, 2.45) is 4.99 Å². The average Bonchev–Trinajstić information content (AvgIpc) is 3.47. The Morgan fingerprint density at radius 1 is 1.00 bits per heavy atom. The van der Waals surface area contributed by atoms with Crippen molar-refractivity contribution < 1.29 is 5.11 Å². The highest BCUT2D eigenvalue weighted by molar-refractivity contribution is 14.0. The first-order valence-corrected chi connectivity index (χ1v) is 9.32. The molecule has 2 N–H and O–H groups in total. The number of halogens is 1.